The third-order valence-corrected chi connectivity index (χ3v) is 5.62. The number of rotatable bonds is 4. The number of fused-ring (bicyclic) bond motifs is 1. The number of nitrogens with zero attached hydrogens (tertiary/aromatic N) is 3. The summed E-state index contributed by atoms with van der Waals surface area (Å²) in [5, 5.41) is 0.689. The van der Waals surface area contributed by atoms with Crippen LogP contribution < -0.4 is 5.56 Å². The molecule has 0 bridgehead atoms. The molecule has 0 aromatic carbocycles. The second kappa shape index (κ2) is 6.44. The second-order valence-corrected chi connectivity index (χ2v) is 7.65. The quantitative estimate of drug-likeness (QED) is 0.791. The van der Waals surface area contributed by atoms with Crippen LogP contribution in [0.15, 0.2) is 28.3 Å². The minimum atomic E-state index is -0.281. The molecule has 116 valence electrons. The van der Waals surface area contributed by atoms with E-state index < -0.39 is 0 Å². The van der Waals surface area contributed by atoms with Gasteiger partial charge in [0.15, 0.2) is 5.16 Å². The van der Waals surface area contributed by atoms with Gasteiger partial charge in [0.25, 0.3) is 11.5 Å². The summed E-state index contributed by atoms with van der Waals surface area (Å²) < 4.78 is 2.27. The Bertz CT molecular complexity index is 772. The molecule has 0 spiro atoms. The van der Waals surface area contributed by atoms with Crippen molar-refractivity contribution >= 4 is 40.6 Å². The lowest BCUT2D eigenvalue weighted by Crippen LogP contribution is -2.36. The molecule has 0 saturated carbocycles. The zero-order chi connectivity index (χ0) is 15.7. The Labute approximate surface area is 140 Å². The highest BCUT2D eigenvalue weighted by Gasteiger charge is 2.23. The van der Waals surface area contributed by atoms with Crippen LogP contribution in [0.1, 0.15) is 22.2 Å². The van der Waals surface area contributed by atoms with Gasteiger partial charge in [-0.05, 0) is 19.1 Å². The molecule has 0 aliphatic carbocycles. The number of thioether (sulfide) groups is 1. The van der Waals surface area contributed by atoms with Crippen molar-refractivity contribution in [2.24, 2.45) is 0 Å². The van der Waals surface area contributed by atoms with Crippen molar-refractivity contribution in [2.75, 3.05) is 12.3 Å². The molecule has 8 heteroatoms. The van der Waals surface area contributed by atoms with Gasteiger partial charge in [0.2, 0.25) is 0 Å². The van der Waals surface area contributed by atoms with Gasteiger partial charge in [0, 0.05) is 29.9 Å². The maximum Gasteiger partial charge on any atom is 0.267 e. The van der Waals surface area contributed by atoms with E-state index in [9.17, 15) is 9.59 Å². The van der Waals surface area contributed by atoms with Crippen LogP contribution in [0.3, 0.4) is 0 Å². The molecule has 5 nitrogen and oxygen atoms in total. The summed E-state index contributed by atoms with van der Waals surface area (Å²) >= 11 is 8.90. The SMILES string of the molecule is CCN(Cc1ccc(Cl)s1)C(=O)c1cnc2n(c1=O)CCS2. The summed E-state index contributed by atoms with van der Waals surface area (Å²) in [6, 6.07) is 3.70. The van der Waals surface area contributed by atoms with Crippen LogP contribution in [0.4, 0.5) is 0 Å². The monoisotopic (exact) mass is 355 g/mol. The van der Waals surface area contributed by atoms with Crippen molar-refractivity contribution in [1.29, 1.82) is 0 Å². The number of hydrogen-bond acceptors (Lipinski definition) is 5. The number of halogens is 1. The van der Waals surface area contributed by atoms with Crippen LogP contribution in [0.25, 0.3) is 0 Å². The Balaban J connectivity index is 1.87. The number of hydrogen-bond donors (Lipinski definition) is 0. The first kappa shape index (κ1) is 15.6. The van der Waals surface area contributed by atoms with Crippen molar-refractivity contribution < 1.29 is 4.79 Å². The van der Waals surface area contributed by atoms with E-state index in [0.29, 0.717) is 29.1 Å². The lowest BCUT2D eigenvalue weighted by molar-refractivity contribution is 0.0750. The van der Waals surface area contributed by atoms with Gasteiger partial charge in [-0.3, -0.25) is 14.2 Å². The second-order valence-electron chi connectivity index (χ2n) is 4.78. The van der Waals surface area contributed by atoms with E-state index in [2.05, 4.69) is 4.98 Å². The molecule has 3 rings (SSSR count). The zero-order valence-electron chi connectivity index (χ0n) is 11.9. The smallest absolute Gasteiger partial charge is 0.267 e. The Morgan fingerprint density at radius 1 is 1.50 bits per heavy atom. The van der Waals surface area contributed by atoms with Crippen molar-refractivity contribution in [3.63, 3.8) is 0 Å². The molecule has 0 fully saturated rings. The largest absolute Gasteiger partial charge is 0.334 e. The Hall–Kier alpha value is -1.31. The van der Waals surface area contributed by atoms with E-state index in [1.807, 2.05) is 19.1 Å². The van der Waals surface area contributed by atoms with Crippen molar-refractivity contribution in [3.05, 3.63) is 43.5 Å². The molecule has 22 heavy (non-hydrogen) atoms. The Morgan fingerprint density at radius 2 is 2.32 bits per heavy atom. The molecular formula is C14H14ClN3O2S2. The average Bonchev–Trinajstić information content (AvgIpc) is 3.13. The van der Waals surface area contributed by atoms with Gasteiger partial charge in [0.1, 0.15) is 5.56 Å². The lowest BCUT2D eigenvalue weighted by Gasteiger charge is -2.20. The maximum atomic E-state index is 12.6. The van der Waals surface area contributed by atoms with Gasteiger partial charge in [-0.25, -0.2) is 4.98 Å². The normalized spacial score (nSPS) is 13.2. The summed E-state index contributed by atoms with van der Waals surface area (Å²) in [5.74, 6) is 0.544. The van der Waals surface area contributed by atoms with Gasteiger partial charge in [-0.2, -0.15) is 0 Å². The fourth-order valence-corrected chi connectivity index (χ4v) is 4.30. The van der Waals surface area contributed by atoms with E-state index in [4.69, 9.17) is 11.6 Å². The minimum Gasteiger partial charge on any atom is -0.334 e. The number of aromatic nitrogens is 2. The molecule has 2 aromatic heterocycles. The van der Waals surface area contributed by atoms with Gasteiger partial charge in [-0.15, -0.1) is 11.3 Å². The number of carbonyl (C=O) groups excluding carboxylic acids is 1. The highest BCUT2D eigenvalue weighted by atomic mass is 35.5. The van der Waals surface area contributed by atoms with Crippen LogP contribution in [0, 0.1) is 0 Å². The number of thiophene rings is 1. The summed E-state index contributed by atoms with van der Waals surface area (Å²) in [6.07, 6.45) is 1.40. The van der Waals surface area contributed by atoms with Gasteiger partial charge in [-0.1, -0.05) is 23.4 Å². The minimum absolute atomic E-state index is 0.135. The molecule has 1 aliphatic rings. The molecule has 1 amide bonds. The van der Waals surface area contributed by atoms with Crippen LogP contribution in [0.2, 0.25) is 4.34 Å². The van der Waals surface area contributed by atoms with Crippen LogP contribution in [-0.2, 0) is 13.1 Å². The average molecular weight is 356 g/mol. The summed E-state index contributed by atoms with van der Waals surface area (Å²) in [5.41, 5.74) is -0.113. The van der Waals surface area contributed by atoms with Crippen LogP contribution >= 0.6 is 34.7 Å². The highest BCUT2D eigenvalue weighted by Crippen LogP contribution is 2.24. The molecule has 0 unspecified atom stereocenters. The topological polar surface area (TPSA) is 55.2 Å². The van der Waals surface area contributed by atoms with E-state index in [0.717, 1.165) is 10.6 Å². The van der Waals surface area contributed by atoms with Crippen LogP contribution in [0.5, 0.6) is 0 Å². The Kier molecular flexibility index (Phi) is 4.56. The third-order valence-electron chi connectivity index (χ3n) is 3.43. The molecule has 0 atom stereocenters. The molecule has 2 aromatic rings. The van der Waals surface area contributed by atoms with Gasteiger partial charge in [0.05, 0.1) is 10.9 Å². The van der Waals surface area contributed by atoms with Gasteiger partial charge < -0.3 is 4.90 Å². The predicted molar refractivity (Wildman–Crippen MR) is 89.0 cm³/mol. The number of amides is 1. The van der Waals surface area contributed by atoms with Crippen LogP contribution in [-0.4, -0.2) is 32.7 Å². The van der Waals surface area contributed by atoms with Crippen molar-refractivity contribution in [3.8, 4) is 0 Å². The lowest BCUT2D eigenvalue weighted by atomic mass is 10.2. The third kappa shape index (κ3) is 2.93. The zero-order valence-corrected chi connectivity index (χ0v) is 14.3. The van der Waals surface area contributed by atoms with E-state index in [-0.39, 0.29) is 17.0 Å². The molecular weight excluding hydrogens is 342 g/mol. The highest BCUT2D eigenvalue weighted by molar-refractivity contribution is 7.99. The first-order valence-corrected chi connectivity index (χ1v) is 9.04. The maximum absolute atomic E-state index is 12.6. The van der Waals surface area contributed by atoms with E-state index in [1.165, 1.54) is 29.3 Å². The summed E-state index contributed by atoms with van der Waals surface area (Å²) in [7, 11) is 0. The standard InChI is InChI=1S/C14H14ClN3O2S2/c1-2-17(8-9-3-4-11(15)22-9)12(19)10-7-16-14-18(13(10)20)5-6-21-14/h3-4,7H,2,5-6,8H2,1H3. The van der Waals surface area contributed by atoms with E-state index >= 15 is 0 Å². The van der Waals surface area contributed by atoms with Crippen molar-refractivity contribution in [2.45, 2.75) is 25.2 Å². The fourth-order valence-electron chi connectivity index (χ4n) is 2.29. The Morgan fingerprint density at radius 3 is 3.00 bits per heavy atom. The predicted octanol–water partition coefficient (Wildman–Crippen LogP) is 2.73. The molecule has 0 radical (unpaired) electrons. The fraction of sp³-hybridized carbons (Fsp3) is 0.357. The molecule has 1 aliphatic heterocycles. The first-order valence-electron chi connectivity index (χ1n) is 6.86. The summed E-state index contributed by atoms with van der Waals surface area (Å²) in [6.45, 7) is 3.47. The summed E-state index contributed by atoms with van der Waals surface area (Å²) in [4.78, 5) is 31.9. The van der Waals surface area contributed by atoms with Crippen molar-refractivity contribution in [1.82, 2.24) is 14.5 Å². The van der Waals surface area contributed by atoms with Gasteiger partial charge >= 0.3 is 0 Å². The molecule has 0 saturated heterocycles. The first-order chi connectivity index (χ1) is 10.6. The molecule has 0 N–H and O–H groups in total. The molecule has 3 heterocycles. The number of carbonyl (C=O) groups is 1. The van der Waals surface area contributed by atoms with E-state index in [1.54, 1.807) is 9.47 Å².